The van der Waals surface area contributed by atoms with Crippen LogP contribution in [-0.2, 0) is 4.74 Å². The Kier molecular flexibility index (Phi) is 9.46. The van der Waals surface area contributed by atoms with Crippen LogP contribution in [-0.4, -0.2) is 110 Å². The number of hydrogen-bond acceptors (Lipinski definition) is 7. The minimum absolute atomic E-state index is 0.0130. The zero-order valence-electron chi connectivity index (χ0n) is 30.4. The van der Waals surface area contributed by atoms with E-state index in [1.165, 1.54) is 19.1 Å². The molecule has 0 bridgehead atoms. The fourth-order valence-corrected chi connectivity index (χ4v) is 9.08. The molecular weight excluding hydrogens is 632 g/mol. The molecule has 270 valence electrons. The molecule has 0 radical (unpaired) electrons. The van der Waals surface area contributed by atoms with E-state index >= 15 is 0 Å². The number of likely N-dealkylation sites (tertiary alicyclic amines) is 3. The molecule has 0 aliphatic carbocycles. The van der Waals surface area contributed by atoms with Gasteiger partial charge in [0.1, 0.15) is 0 Å². The number of amides is 1. The highest BCUT2D eigenvalue weighted by Gasteiger charge is 2.42. The van der Waals surface area contributed by atoms with Crippen LogP contribution in [0.5, 0.6) is 0 Å². The largest absolute Gasteiger partial charge is 0.453 e. The lowest BCUT2D eigenvalue weighted by Gasteiger charge is -2.43. The van der Waals surface area contributed by atoms with Gasteiger partial charge in [-0.05, 0) is 108 Å². The number of hydrogen-bond donors (Lipinski definition) is 3. The summed E-state index contributed by atoms with van der Waals surface area (Å²) in [6.45, 7) is 16.4. The van der Waals surface area contributed by atoms with Crippen molar-refractivity contribution in [2.45, 2.75) is 89.4 Å². The Balaban J connectivity index is 0.000000159. The number of imidazole rings is 2. The summed E-state index contributed by atoms with van der Waals surface area (Å²) in [5, 5.41) is 3.49. The number of nitrogens with one attached hydrogen (secondary N) is 3. The first-order chi connectivity index (χ1) is 24.0. The molecule has 50 heavy (non-hydrogen) atoms. The molecule has 4 aliphatic rings. The smallest absolute Gasteiger partial charge is 0.409 e. The second kappa shape index (κ2) is 13.7. The van der Waals surface area contributed by atoms with Crippen LogP contribution in [0.4, 0.5) is 4.79 Å². The van der Waals surface area contributed by atoms with E-state index < -0.39 is 0 Å². The van der Waals surface area contributed by atoms with Gasteiger partial charge in [-0.1, -0.05) is 12.1 Å². The number of fused-ring (bicyclic) bond motifs is 2. The average Bonchev–Trinajstić information content (AvgIpc) is 3.89. The maximum atomic E-state index is 12.5. The summed E-state index contributed by atoms with van der Waals surface area (Å²) < 4.78 is 8.81. The molecule has 2 aromatic heterocycles. The van der Waals surface area contributed by atoms with Crippen LogP contribution in [0.25, 0.3) is 22.1 Å². The third kappa shape index (κ3) is 6.53. The maximum absolute atomic E-state index is 12.5. The number of nitrogens with zero attached hydrogens (tertiary/aromatic N) is 5. The number of methoxy groups -OCH3 is 1. The van der Waals surface area contributed by atoms with Crippen molar-refractivity contribution in [1.82, 2.24) is 39.1 Å². The van der Waals surface area contributed by atoms with Gasteiger partial charge in [0.2, 0.25) is 0 Å². The second-order valence-electron chi connectivity index (χ2n) is 15.6. The summed E-state index contributed by atoms with van der Waals surface area (Å²) in [6.07, 6.45) is 5.92. The molecule has 4 fully saturated rings. The van der Waals surface area contributed by atoms with Gasteiger partial charge in [0.05, 0.1) is 29.2 Å². The molecule has 1 amide bonds. The van der Waals surface area contributed by atoms with Gasteiger partial charge in [0, 0.05) is 69.0 Å². The summed E-state index contributed by atoms with van der Waals surface area (Å²) in [4.78, 5) is 49.7. The van der Waals surface area contributed by atoms with Crippen molar-refractivity contribution in [3.05, 3.63) is 68.5 Å². The van der Waals surface area contributed by atoms with Crippen LogP contribution in [0.3, 0.4) is 0 Å². The lowest BCUT2D eigenvalue weighted by Crippen LogP contribution is -2.52. The Labute approximate surface area is 293 Å². The Morgan fingerprint density at radius 1 is 0.740 bits per heavy atom. The number of carbonyl (C=O) groups excluding carboxylic acids is 1. The minimum Gasteiger partial charge on any atom is -0.453 e. The lowest BCUT2D eigenvalue weighted by atomic mass is 9.93. The summed E-state index contributed by atoms with van der Waals surface area (Å²) in [6, 6.07) is 12.8. The van der Waals surface area contributed by atoms with Gasteiger partial charge in [0.25, 0.3) is 0 Å². The molecule has 12 nitrogen and oxygen atoms in total. The number of rotatable bonds is 4. The Morgan fingerprint density at radius 3 is 1.70 bits per heavy atom. The molecule has 4 aliphatic heterocycles. The van der Waals surface area contributed by atoms with Gasteiger partial charge >= 0.3 is 17.5 Å². The molecule has 4 aromatic rings. The average molecular weight is 687 g/mol. The molecule has 12 heteroatoms. The van der Waals surface area contributed by atoms with Crippen molar-refractivity contribution >= 4 is 28.2 Å². The summed E-state index contributed by atoms with van der Waals surface area (Å²) in [5.41, 5.74) is 6.59. The fourth-order valence-electron chi connectivity index (χ4n) is 9.08. The Bertz CT molecular complexity index is 1950. The number of ether oxygens (including phenoxy) is 1. The van der Waals surface area contributed by atoms with Crippen molar-refractivity contribution in [2.75, 3.05) is 59.5 Å². The van der Waals surface area contributed by atoms with Crippen molar-refractivity contribution < 1.29 is 9.53 Å². The first-order valence-corrected chi connectivity index (χ1v) is 18.4. The summed E-state index contributed by atoms with van der Waals surface area (Å²) >= 11 is 0. The molecule has 2 atom stereocenters. The number of piperidine rings is 2. The van der Waals surface area contributed by atoms with E-state index in [0.717, 1.165) is 106 Å². The quantitative estimate of drug-likeness (QED) is 0.288. The number of benzene rings is 2. The standard InChI is InChI=1S/C20H28N4O3.C18H26N4O/c1-14-4-5-16-17(12-14)24(18(25)21-16)15-6-9-23(10-7-15)20(2)8-11-22(13-20)19(26)27-3;1-13-3-4-15-16(11-13)22(17(23)20-15)14-5-9-21(10-6-14)18(2)7-8-19-12-18/h4-5,12,15H,6-11,13H2,1-3H3,(H,21,25);3-4,11,14,19H,5-10,12H2,1-2H3,(H,20,23). The highest BCUT2D eigenvalue weighted by molar-refractivity contribution is 5.77. The maximum Gasteiger partial charge on any atom is 0.409 e. The number of aryl methyl sites for hydroxylation is 2. The summed E-state index contributed by atoms with van der Waals surface area (Å²) in [7, 11) is 1.43. The highest BCUT2D eigenvalue weighted by Crippen LogP contribution is 2.34. The SMILES string of the molecule is COC(=O)N1CCC(C)(N2CCC(n3c(=O)[nH]c4ccc(C)cc43)CC2)C1.Cc1ccc2[nH]c(=O)n(C3CCN(C4(C)CCNC4)CC3)c2c1. The first kappa shape index (κ1) is 34.6. The normalized spacial score (nSPS) is 25.7. The van der Waals surface area contributed by atoms with E-state index in [1.807, 2.05) is 27.3 Å². The molecule has 3 N–H and O–H groups in total. The van der Waals surface area contributed by atoms with E-state index in [1.54, 1.807) is 4.90 Å². The van der Waals surface area contributed by atoms with E-state index in [0.29, 0.717) is 18.1 Å². The zero-order valence-corrected chi connectivity index (χ0v) is 30.4. The van der Waals surface area contributed by atoms with Crippen molar-refractivity contribution in [3.8, 4) is 0 Å². The third-order valence-corrected chi connectivity index (χ3v) is 12.2. The molecular formula is C38H54N8O4. The zero-order chi connectivity index (χ0) is 35.2. The molecule has 2 unspecified atom stereocenters. The monoisotopic (exact) mass is 686 g/mol. The Morgan fingerprint density at radius 2 is 1.24 bits per heavy atom. The topological polar surface area (TPSA) is 124 Å². The van der Waals surface area contributed by atoms with Crippen LogP contribution >= 0.6 is 0 Å². The molecule has 0 saturated carbocycles. The van der Waals surface area contributed by atoms with Gasteiger partial charge in [-0.25, -0.2) is 14.4 Å². The van der Waals surface area contributed by atoms with Crippen LogP contribution < -0.4 is 16.7 Å². The fraction of sp³-hybridized carbons (Fsp3) is 0.605. The highest BCUT2D eigenvalue weighted by atomic mass is 16.5. The van der Waals surface area contributed by atoms with E-state index in [2.05, 4.69) is 71.0 Å². The lowest BCUT2D eigenvalue weighted by molar-refractivity contribution is 0.0662. The molecule has 6 heterocycles. The van der Waals surface area contributed by atoms with Gasteiger partial charge < -0.3 is 24.9 Å². The van der Waals surface area contributed by atoms with Crippen LogP contribution in [0.1, 0.15) is 75.6 Å². The van der Waals surface area contributed by atoms with Crippen LogP contribution in [0.15, 0.2) is 46.0 Å². The Hall–Kier alpha value is -3.87. The van der Waals surface area contributed by atoms with E-state index in [4.69, 9.17) is 4.74 Å². The van der Waals surface area contributed by atoms with E-state index in [-0.39, 0.29) is 29.1 Å². The van der Waals surface area contributed by atoms with Gasteiger partial charge in [0.15, 0.2) is 0 Å². The number of aromatic amines is 2. The minimum atomic E-state index is -0.241. The number of aromatic nitrogens is 4. The van der Waals surface area contributed by atoms with Crippen LogP contribution in [0.2, 0.25) is 0 Å². The van der Waals surface area contributed by atoms with Crippen molar-refractivity contribution in [2.24, 2.45) is 0 Å². The predicted molar refractivity (Wildman–Crippen MR) is 197 cm³/mol. The third-order valence-electron chi connectivity index (χ3n) is 12.2. The van der Waals surface area contributed by atoms with Crippen LogP contribution in [0, 0.1) is 13.8 Å². The number of carbonyl (C=O) groups is 1. The van der Waals surface area contributed by atoms with Gasteiger partial charge in [-0.15, -0.1) is 0 Å². The van der Waals surface area contributed by atoms with Gasteiger partial charge in [-0.3, -0.25) is 18.9 Å². The van der Waals surface area contributed by atoms with E-state index in [9.17, 15) is 14.4 Å². The first-order valence-electron chi connectivity index (χ1n) is 18.4. The molecule has 2 aromatic carbocycles. The van der Waals surface area contributed by atoms with Gasteiger partial charge in [-0.2, -0.15) is 0 Å². The summed E-state index contributed by atoms with van der Waals surface area (Å²) in [5.74, 6) is 0. The molecule has 4 saturated heterocycles. The second-order valence-corrected chi connectivity index (χ2v) is 15.6. The number of H-pyrrole nitrogens is 2. The van der Waals surface area contributed by atoms with Crippen molar-refractivity contribution in [1.29, 1.82) is 0 Å². The molecule has 0 spiro atoms. The predicted octanol–water partition coefficient (Wildman–Crippen LogP) is 4.53. The molecule has 8 rings (SSSR count). The van der Waals surface area contributed by atoms with Crippen molar-refractivity contribution in [3.63, 3.8) is 0 Å².